The smallest absolute Gasteiger partial charge is 0.128 e. The summed E-state index contributed by atoms with van der Waals surface area (Å²) in [5.41, 5.74) is 1.89. The van der Waals surface area contributed by atoms with Crippen LogP contribution in [-0.4, -0.2) is 36.3 Å². The molecule has 1 aliphatic rings. The normalized spacial score (nSPS) is 18.2. The molecule has 2 N–H and O–H groups in total. The Bertz CT molecular complexity index is 375. The standard InChI is InChI=1S/C13H21N3O/c1-3-12(17)11-4-5-13(15-10(11)2)16-8-6-14-7-9-16/h4-5,12,14,17H,3,6-9H2,1-2H3/t12-/m1/s1. The van der Waals surface area contributed by atoms with E-state index in [9.17, 15) is 5.11 Å². The Morgan fingerprint density at radius 2 is 2.12 bits per heavy atom. The maximum absolute atomic E-state index is 9.85. The van der Waals surface area contributed by atoms with Crippen LogP contribution in [-0.2, 0) is 0 Å². The lowest BCUT2D eigenvalue weighted by Gasteiger charge is -2.29. The molecule has 2 rings (SSSR count). The maximum atomic E-state index is 9.85. The number of aryl methyl sites for hydroxylation is 1. The molecule has 0 unspecified atom stereocenters. The first-order chi connectivity index (χ1) is 8.22. The molecule has 1 aliphatic heterocycles. The Morgan fingerprint density at radius 1 is 1.41 bits per heavy atom. The molecule has 4 nitrogen and oxygen atoms in total. The third-order valence-corrected chi connectivity index (χ3v) is 3.30. The highest BCUT2D eigenvalue weighted by molar-refractivity contribution is 5.42. The maximum Gasteiger partial charge on any atom is 0.128 e. The number of anilines is 1. The number of hydrogen-bond donors (Lipinski definition) is 2. The number of rotatable bonds is 3. The van der Waals surface area contributed by atoms with E-state index in [1.54, 1.807) is 0 Å². The zero-order valence-corrected chi connectivity index (χ0v) is 10.6. The molecule has 4 heteroatoms. The predicted molar refractivity (Wildman–Crippen MR) is 69.3 cm³/mol. The van der Waals surface area contributed by atoms with E-state index < -0.39 is 0 Å². The van der Waals surface area contributed by atoms with Crippen LogP contribution in [0.5, 0.6) is 0 Å². The summed E-state index contributed by atoms with van der Waals surface area (Å²) in [5.74, 6) is 1.02. The van der Waals surface area contributed by atoms with E-state index >= 15 is 0 Å². The van der Waals surface area contributed by atoms with Crippen molar-refractivity contribution < 1.29 is 5.11 Å². The minimum atomic E-state index is -0.389. The summed E-state index contributed by atoms with van der Waals surface area (Å²) in [6.45, 7) is 7.98. The van der Waals surface area contributed by atoms with Crippen molar-refractivity contribution in [2.75, 3.05) is 31.1 Å². The molecule has 1 fully saturated rings. The van der Waals surface area contributed by atoms with Gasteiger partial charge in [-0.05, 0) is 19.4 Å². The van der Waals surface area contributed by atoms with Crippen LogP contribution in [0.15, 0.2) is 12.1 Å². The molecule has 0 saturated carbocycles. The van der Waals surface area contributed by atoms with E-state index in [-0.39, 0.29) is 6.10 Å². The Balaban J connectivity index is 2.17. The van der Waals surface area contributed by atoms with Crippen molar-refractivity contribution in [2.24, 2.45) is 0 Å². The van der Waals surface area contributed by atoms with Crippen LogP contribution < -0.4 is 10.2 Å². The summed E-state index contributed by atoms with van der Waals surface area (Å²) >= 11 is 0. The SMILES string of the molecule is CC[C@@H](O)c1ccc(N2CCNCC2)nc1C. The molecule has 0 aromatic carbocycles. The van der Waals surface area contributed by atoms with Crippen molar-refractivity contribution >= 4 is 5.82 Å². The molecule has 17 heavy (non-hydrogen) atoms. The lowest BCUT2D eigenvalue weighted by molar-refractivity contribution is 0.172. The summed E-state index contributed by atoms with van der Waals surface area (Å²) in [6, 6.07) is 4.03. The second-order valence-electron chi connectivity index (χ2n) is 4.51. The molecule has 0 amide bonds. The van der Waals surface area contributed by atoms with Gasteiger partial charge in [-0.2, -0.15) is 0 Å². The quantitative estimate of drug-likeness (QED) is 0.827. The second kappa shape index (κ2) is 5.47. The van der Waals surface area contributed by atoms with E-state index in [2.05, 4.69) is 15.2 Å². The van der Waals surface area contributed by atoms with E-state index in [1.165, 1.54) is 0 Å². The number of nitrogens with one attached hydrogen (secondary N) is 1. The first-order valence-corrected chi connectivity index (χ1v) is 6.33. The fourth-order valence-electron chi connectivity index (χ4n) is 2.20. The molecule has 0 aliphatic carbocycles. The van der Waals surface area contributed by atoms with Gasteiger partial charge in [0.15, 0.2) is 0 Å². The molecule has 94 valence electrons. The molecule has 0 bridgehead atoms. The molecule has 2 heterocycles. The lowest BCUT2D eigenvalue weighted by atomic mass is 10.1. The van der Waals surface area contributed by atoms with Gasteiger partial charge >= 0.3 is 0 Å². The van der Waals surface area contributed by atoms with Crippen LogP contribution in [0.4, 0.5) is 5.82 Å². The third kappa shape index (κ3) is 2.76. The molecule has 0 radical (unpaired) electrons. The van der Waals surface area contributed by atoms with Crippen LogP contribution in [0.3, 0.4) is 0 Å². The number of aliphatic hydroxyl groups excluding tert-OH is 1. The lowest BCUT2D eigenvalue weighted by Crippen LogP contribution is -2.43. The van der Waals surface area contributed by atoms with Gasteiger partial charge in [0.05, 0.1) is 6.10 Å². The van der Waals surface area contributed by atoms with Crippen LogP contribution in [0, 0.1) is 6.92 Å². The number of nitrogens with zero attached hydrogens (tertiary/aromatic N) is 2. The van der Waals surface area contributed by atoms with Gasteiger partial charge in [-0.25, -0.2) is 4.98 Å². The molecular weight excluding hydrogens is 214 g/mol. The molecule has 1 atom stereocenters. The Labute approximate surface area is 103 Å². The van der Waals surface area contributed by atoms with E-state index in [1.807, 2.05) is 26.0 Å². The number of aromatic nitrogens is 1. The van der Waals surface area contributed by atoms with Crippen molar-refractivity contribution in [2.45, 2.75) is 26.4 Å². The van der Waals surface area contributed by atoms with Gasteiger partial charge in [0.1, 0.15) is 5.82 Å². The Morgan fingerprint density at radius 3 is 2.71 bits per heavy atom. The number of hydrogen-bond acceptors (Lipinski definition) is 4. The molecule has 0 spiro atoms. The molecule has 1 saturated heterocycles. The van der Waals surface area contributed by atoms with Crippen molar-refractivity contribution in [1.82, 2.24) is 10.3 Å². The van der Waals surface area contributed by atoms with E-state index in [0.29, 0.717) is 0 Å². The van der Waals surface area contributed by atoms with Crippen LogP contribution >= 0.6 is 0 Å². The van der Waals surface area contributed by atoms with Gasteiger partial charge in [-0.3, -0.25) is 0 Å². The van der Waals surface area contributed by atoms with Gasteiger partial charge < -0.3 is 15.3 Å². The first kappa shape index (κ1) is 12.3. The van der Waals surface area contributed by atoms with Crippen molar-refractivity contribution in [3.8, 4) is 0 Å². The fourth-order valence-corrected chi connectivity index (χ4v) is 2.20. The van der Waals surface area contributed by atoms with Gasteiger partial charge in [0.2, 0.25) is 0 Å². The van der Waals surface area contributed by atoms with Gasteiger partial charge in [-0.15, -0.1) is 0 Å². The summed E-state index contributed by atoms with van der Waals surface area (Å²) in [5, 5.41) is 13.2. The van der Waals surface area contributed by atoms with Crippen molar-refractivity contribution in [1.29, 1.82) is 0 Å². The summed E-state index contributed by atoms with van der Waals surface area (Å²) in [7, 11) is 0. The first-order valence-electron chi connectivity index (χ1n) is 6.33. The molecular formula is C13H21N3O. The van der Waals surface area contributed by atoms with E-state index in [0.717, 1.165) is 49.7 Å². The number of piperazine rings is 1. The van der Waals surface area contributed by atoms with Crippen LogP contribution in [0.2, 0.25) is 0 Å². The fraction of sp³-hybridized carbons (Fsp3) is 0.615. The van der Waals surface area contributed by atoms with Gasteiger partial charge in [0, 0.05) is 37.4 Å². The number of pyridine rings is 1. The Kier molecular flexibility index (Phi) is 3.97. The highest BCUT2D eigenvalue weighted by atomic mass is 16.3. The predicted octanol–water partition coefficient (Wildman–Crippen LogP) is 1.24. The summed E-state index contributed by atoms with van der Waals surface area (Å²) < 4.78 is 0. The van der Waals surface area contributed by atoms with Gasteiger partial charge in [0.25, 0.3) is 0 Å². The highest BCUT2D eigenvalue weighted by Crippen LogP contribution is 2.22. The Hall–Kier alpha value is -1.13. The topological polar surface area (TPSA) is 48.4 Å². The van der Waals surface area contributed by atoms with E-state index in [4.69, 9.17) is 0 Å². The van der Waals surface area contributed by atoms with Gasteiger partial charge in [-0.1, -0.05) is 13.0 Å². The van der Waals surface area contributed by atoms with Crippen LogP contribution in [0.25, 0.3) is 0 Å². The molecule has 1 aromatic heterocycles. The minimum Gasteiger partial charge on any atom is -0.388 e. The average Bonchev–Trinajstić information content (AvgIpc) is 2.39. The zero-order chi connectivity index (χ0) is 12.3. The summed E-state index contributed by atoms with van der Waals surface area (Å²) in [6.07, 6.45) is 0.342. The van der Waals surface area contributed by atoms with Crippen molar-refractivity contribution in [3.05, 3.63) is 23.4 Å². The number of aliphatic hydroxyl groups is 1. The van der Waals surface area contributed by atoms with Crippen LogP contribution in [0.1, 0.15) is 30.7 Å². The highest BCUT2D eigenvalue weighted by Gasteiger charge is 2.14. The minimum absolute atomic E-state index is 0.389. The van der Waals surface area contributed by atoms with Crippen molar-refractivity contribution in [3.63, 3.8) is 0 Å². The summed E-state index contributed by atoms with van der Waals surface area (Å²) in [4.78, 5) is 6.89. The largest absolute Gasteiger partial charge is 0.388 e. The third-order valence-electron chi connectivity index (χ3n) is 3.30. The second-order valence-corrected chi connectivity index (χ2v) is 4.51. The average molecular weight is 235 g/mol. The monoisotopic (exact) mass is 235 g/mol. The zero-order valence-electron chi connectivity index (χ0n) is 10.6. The molecule has 1 aromatic rings.